The first-order chi connectivity index (χ1) is 12.0. The molecule has 1 saturated carbocycles. The molecule has 1 fully saturated rings. The summed E-state index contributed by atoms with van der Waals surface area (Å²) in [6.07, 6.45) is 5.66. The van der Waals surface area contributed by atoms with Crippen LogP contribution in [0, 0.1) is 11.3 Å². The zero-order chi connectivity index (χ0) is 18.2. The zero-order valence-corrected chi connectivity index (χ0v) is 15.5. The van der Waals surface area contributed by atoms with Crippen molar-refractivity contribution in [3.63, 3.8) is 0 Å². The Morgan fingerprint density at radius 1 is 1.40 bits per heavy atom. The van der Waals surface area contributed by atoms with Crippen LogP contribution in [0.5, 0.6) is 5.75 Å². The number of amides is 1. The van der Waals surface area contributed by atoms with E-state index in [-0.39, 0.29) is 24.1 Å². The Bertz CT molecular complexity index is 718. The fourth-order valence-corrected chi connectivity index (χ4v) is 3.08. The van der Waals surface area contributed by atoms with E-state index in [9.17, 15) is 14.9 Å². The Labute approximate surface area is 154 Å². The molecular weight excluding hydrogens is 388 g/mol. The van der Waals surface area contributed by atoms with Gasteiger partial charge in [0, 0.05) is 6.04 Å². The Morgan fingerprint density at radius 2 is 2.12 bits per heavy atom. The number of nitrogens with zero attached hydrogens (tertiary/aromatic N) is 1. The maximum Gasteiger partial charge on any atom is 0.343 e. The molecule has 1 amide bonds. The summed E-state index contributed by atoms with van der Waals surface area (Å²) >= 11 is 3.35. The number of ether oxygens (including phenoxy) is 2. The number of carbonyl (C=O) groups is 2. The third-order valence-corrected chi connectivity index (χ3v) is 4.52. The van der Waals surface area contributed by atoms with E-state index in [1.807, 2.05) is 6.07 Å². The molecule has 6 nitrogen and oxygen atoms in total. The first-order valence-electron chi connectivity index (χ1n) is 7.95. The summed E-state index contributed by atoms with van der Waals surface area (Å²) in [6, 6.07) is 7.18. The number of halogens is 1. The van der Waals surface area contributed by atoms with Gasteiger partial charge in [-0.15, -0.1) is 0 Å². The Hall–Kier alpha value is -2.33. The van der Waals surface area contributed by atoms with Gasteiger partial charge in [0.05, 0.1) is 11.6 Å². The summed E-state index contributed by atoms with van der Waals surface area (Å²) in [5.41, 5.74) is 0.734. The molecule has 1 aliphatic carbocycles. The van der Waals surface area contributed by atoms with Crippen LogP contribution in [0.4, 0.5) is 0 Å². The lowest BCUT2D eigenvalue weighted by molar-refractivity contribution is -0.142. The van der Waals surface area contributed by atoms with Crippen molar-refractivity contribution in [1.82, 2.24) is 5.32 Å². The second kappa shape index (κ2) is 9.23. The van der Waals surface area contributed by atoms with Gasteiger partial charge in [-0.3, -0.25) is 4.79 Å². The van der Waals surface area contributed by atoms with Crippen molar-refractivity contribution in [3.8, 4) is 11.8 Å². The van der Waals surface area contributed by atoms with Gasteiger partial charge in [0.2, 0.25) is 0 Å². The van der Waals surface area contributed by atoms with Gasteiger partial charge < -0.3 is 14.8 Å². The monoisotopic (exact) mass is 406 g/mol. The largest absolute Gasteiger partial charge is 0.481 e. The lowest BCUT2D eigenvalue weighted by Crippen LogP contribution is -2.33. The van der Waals surface area contributed by atoms with Crippen LogP contribution in [0.2, 0.25) is 0 Å². The maximum atomic E-state index is 12.2. The summed E-state index contributed by atoms with van der Waals surface area (Å²) in [6.45, 7) is -0.197. The molecule has 0 unspecified atom stereocenters. The average molecular weight is 407 g/mol. The van der Waals surface area contributed by atoms with E-state index in [1.54, 1.807) is 18.2 Å². The van der Waals surface area contributed by atoms with Gasteiger partial charge in [0.25, 0.3) is 5.91 Å². The molecule has 1 aromatic rings. The van der Waals surface area contributed by atoms with E-state index in [0.717, 1.165) is 25.7 Å². The Kier molecular flexibility index (Phi) is 7.02. The minimum atomic E-state index is -0.480. The fraction of sp³-hybridized carbons (Fsp3) is 0.389. The highest BCUT2D eigenvalue weighted by molar-refractivity contribution is 9.10. The lowest BCUT2D eigenvalue weighted by Gasteiger charge is -2.11. The van der Waals surface area contributed by atoms with E-state index < -0.39 is 5.97 Å². The van der Waals surface area contributed by atoms with Crippen LogP contribution in [0.3, 0.4) is 0 Å². The number of methoxy groups -OCH3 is 1. The standard InChI is InChI=1S/C18H19BrN2O4/c1-24-17(22)11-25-16-7-6-12(9-15(16)19)8-13(10-20)18(23)21-14-4-2-3-5-14/h6-9,14H,2-5,11H2,1H3,(H,21,23)/b13-8-. The zero-order valence-electron chi connectivity index (χ0n) is 13.9. The van der Waals surface area contributed by atoms with Gasteiger partial charge in [0.15, 0.2) is 6.61 Å². The number of esters is 1. The van der Waals surface area contributed by atoms with E-state index in [4.69, 9.17) is 4.74 Å². The minimum Gasteiger partial charge on any atom is -0.481 e. The molecule has 0 aliphatic heterocycles. The van der Waals surface area contributed by atoms with Gasteiger partial charge in [-0.25, -0.2) is 4.79 Å². The fourth-order valence-electron chi connectivity index (χ4n) is 2.57. The summed E-state index contributed by atoms with van der Waals surface area (Å²) < 4.78 is 10.4. The normalized spacial score (nSPS) is 14.7. The molecule has 0 heterocycles. The predicted molar refractivity (Wildman–Crippen MR) is 95.6 cm³/mol. The second-order valence-electron chi connectivity index (χ2n) is 5.68. The quantitative estimate of drug-likeness (QED) is 0.445. The average Bonchev–Trinajstić information content (AvgIpc) is 3.11. The van der Waals surface area contributed by atoms with Gasteiger partial charge in [-0.05, 0) is 52.5 Å². The van der Waals surface area contributed by atoms with E-state index >= 15 is 0 Å². The Morgan fingerprint density at radius 3 is 2.72 bits per heavy atom. The van der Waals surface area contributed by atoms with Crippen LogP contribution >= 0.6 is 15.9 Å². The molecule has 0 atom stereocenters. The molecule has 1 N–H and O–H groups in total. The van der Waals surface area contributed by atoms with Gasteiger partial charge in [0.1, 0.15) is 17.4 Å². The summed E-state index contributed by atoms with van der Waals surface area (Å²) in [5, 5.41) is 12.2. The minimum absolute atomic E-state index is 0.0574. The molecule has 0 spiro atoms. The number of nitrogens with one attached hydrogen (secondary N) is 1. The molecule has 0 aromatic heterocycles. The van der Waals surface area contributed by atoms with Crippen molar-refractivity contribution < 1.29 is 19.1 Å². The van der Waals surface area contributed by atoms with E-state index in [0.29, 0.717) is 15.8 Å². The number of nitriles is 1. The summed E-state index contributed by atoms with van der Waals surface area (Å²) in [7, 11) is 1.29. The molecule has 132 valence electrons. The summed E-state index contributed by atoms with van der Waals surface area (Å²) in [4.78, 5) is 23.3. The van der Waals surface area contributed by atoms with Crippen LogP contribution in [0.25, 0.3) is 6.08 Å². The molecule has 1 aliphatic rings. The third kappa shape index (κ3) is 5.61. The first kappa shape index (κ1) is 19.0. The molecule has 7 heteroatoms. The molecule has 25 heavy (non-hydrogen) atoms. The van der Waals surface area contributed by atoms with Crippen LogP contribution in [0.1, 0.15) is 31.2 Å². The van der Waals surface area contributed by atoms with Crippen LogP contribution < -0.4 is 10.1 Å². The van der Waals surface area contributed by atoms with Crippen molar-refractivity contribution >= 4 is 33.9 Å². The van der Waals surface area contributed by atoms with E-state index in [2.05, 4.69) is 26.0 Å². The molecule has 0 bridgehead atoms. The highest BCUT2D eigenvalue weighted by Crippen LogP contribution is 2.27. The van der Waals surface area contributed by atoms with Gasteiger partial charge in [-0.2, -0.15) is 5.26 Å². The smallest absolute Gasteiger partial charge is 0.343 e. The van der Waals surface area contributed by atoms with Crippen molar-refractivity contribution in [2.45, 2.75) is 31.7 Å². The summed E-state index contributed by atoms with van der Waals surface area (Å²) in [5.74, 6) is -0.362. The van der Waals surface area contributed by atoms with Crippen LogP contribution in [0.15, 0.2) is 28.2 Å². The van der Waals surface area contributed by atoms with Crippen molar-refractivity contribution in [1.29, 1.82) is 5.26 Å². The Balaban J connectivity index is 2.07. The van der Waals surface area contributed by atoms with Crippen LogP contribution in [-0.2, 0) is 14.3 Å². The van der Waals surface area contributed by atoms with Crippen molar-refractivity contribution in [3.05, 3.63) is 33.8 Å². The number of rotatable bonds is 6. The molecule has 0 saturated heterocycles. The molecular formula is C18H19BrN2O4. The number of carbonyl (C=O) groups excluding carboxylic acids is 2. The first-order valence-corrected chi connectivity index (χ1v) is 8.74. The number of hydrogen-bond donors (Lipinski definition) is 1. The SMILES string of the molecule is COC(=O)COc1ccc(/C=C(/C#N)C(=O)NC2CCCC2)cc1Br. The highest BCUT2D eigenvalue weighted by Gasteiger charge is 2.19. The molecule has 2 rings (SSSR count). The van der Waals surface area contributed by atoms with Gasteiger partial charge >= 0.3 is 5.97 Å². The van der Waals surface area contributed by atoms with Crippen LogP contribution in [-0.4, -0.2) is 31.6 Å². The lowest BCUT2D eigenvalue weighted by atomic mass is 10.1. The number of benzene rings is 1. The third-order valence-electron chi connectivity index (χ3n) is 3.90. The van der Waals surface area contributed by atoms with Crippen molar-refractivity contribution in [2.75, 3.05) is 13.7 Å². The molecule has 1 aromatic carbocycles. The van der Waals surface area contributed by atoms with Crippen molar-refractivity contribution in [2.24, 2.45) is 0 Å². The molecule has 0 radical (unpaired) electrons. The maximum absolute atomic E-state index is 12.2. The highest BCUT2D eigenvalue weighted by atomic mass is 79.9. The second-order valence-corrected chi connectivity index (χ2v) is 6.53. The number of hydrogen-bond acceptors (Lipinski definition) is 5. The topological polar surface area (TPSA) is 88.4 Å². The predicted octanol–water partition coefficient (Wildman–Crippen LogP) is 2.97. The van der Waals surface area contributed by atoms with E-state index in [1.165, 1.54) is 13.2 Å². The van der Waals surface area contributed by atoms with Gasteiger partial charge in [-0.1, -0.05) is 18.9 Å².